The van der Waals surface area contributed by atoms with Crippen LogP contribution in [0.5, 0.6) is 0 Å². The zero-order valence-electron chi connectivity index (χ0n) is 10.9. The van der Waals surface area contributed by atoms with Gasteiger partial charge in [-0.25, -0.2) is 0 Å². The highest BCUT2D eigenvalue weighted by Gasteiger charge is 2.38. The number of likely N-dealkylation sites (tertiary alicyclic amines) is 1. The Labute approximate surface area is 107 Å². The Hall–Kier alpha value is -1.39. The lowest BCUT2D eigenvalue weighted by Gasteiger charge is -2.20. The lowest BCUT2D eigenvalue weighted by molar-refractivity contribution is -0.131. The number of aromatic nitrogens is 2. The van der Waals surface area contributed by atoms with E-state index in [1.165, 1.54) is 0 Å². The molecule has 5 heteroatoms. The summed E-state index contributed by atoms with van der Waals surface area (Å²) < 4.78 is 5.17. The van der Waals surface area contributed by atoms with E-state index in [1.54, 1.807) is 0 Å². The number of carbonyl (C=O) groups is 1. The highest BCUT2D eigenvalue weighted by molar-refractivity contribution is 5.78. The molecule has 1 aromatic rings. The minimum absolute atomic E-state index is 0.110. The number of hydrogen-bond donors (Lipinski definition) is 0. The lowest BCUT2D eigenvalue weighted by atomic mass is 10.2. The molecular weight excluding hydrogens is 230 g/mol. The summed E-state index contributed by atoms with van der Waals surface area (Å²) in [6, 6.07) is 0.350. The van der Waals surface area contributed by atoms with Gasteiger partial charge in [-0.2, -0.15) is 4.98 Å². The van der Waals surface area contributed by atoms with E-state index < -0.39 is 0 Å². The van der Waals surface area contributed by atoms with Crippen LogP contribution >= 0.6 is 0 Å². The van der Waals surface area contributed by atoms with E-state index in [0.717, 1.165) is 31.6 Å². The zero-order chi connectivity index (χ0) is 12.7. The maximum atomic E-state index is 12.1. The molecule has 98 valence electrons. The van der Waals surface area contributed by atoms with Crippen molar-refractivity contribution in [2.45, 2.75) is 51.5 Å². The van der Waals surface area contributed by atoms with Crippen LogP contribution in [0.4, 0.5) is 0 Å². The standard InChI is InChI=1S/C13H19N3O2/c1-8-6-10(8)13-14-11(18-15-13)7-12(17)16-5-3-4-9(16)2/h8-10H,3-7H2,1-2H3/t8?,9-,10?/m0/s1. The minimum atomic E-state index is 0.110. The van der Waals surface area contributed by atoms with Crippen LogP contribution < -0.4 is 0 Å². The Balaban J connectivity index is 1.62. The van der Waals surface area contributed by atoms with Gasteiger partial charge in [0.2, 0.25) is 11.8 Å². The predicted molar refractivity (Wildman–Crippen MR) is 64.9 cm³/mol. The van der Waals surface area contributed by atoms with Crippen molar-refractivity contribution in [2.75, 3.05) is 6.54 Å². The quantitative estimate of drug-likeness (QED) is 0.818. The van der Waals surface area contributed by atoms with E-state index in [2.05, 4.69) is 24.0 Å². The van der Waals surface area contributed by atoms with E-state index in [0.29, 0.717) is 23.8 Å². The highest BCUT2D eigenvalue weighted by atomic mass is 16.5. The van der Waals surface area contributed by atoms with Gasteiger partial charge in [-0.05, 0) is 32.1 Å². The van der Waals surface area contributed by atoms with Crippen molar-refractivity contribution in [3.05, 3.63) is 11.7 Å². The Bertz CT molecular complexity index is 457. The number of carbonyl (C=O) groups excluding carboxylic acids is 1. The van der Waals surface area contributed by atoms with Gasteiger partial charge in [0, 0.05) is 18.5 Å². The van der Waals surface area contributed by atoms with Gasteiger partial charge >= 0.3 is 0 Å². The molecule has 18 heavy (non-hydrogen) atoms. The van der Waals surface area contributed by atoms with Crippen molar-refractivity contribution < 1.29 is 9.32 Å². The van der Waals surface area contributed by atoms with Crippen LogP contribution in [0.2, 0.25) is 0 Å². The molecule has 1 saturated carbocycles. The predicted octanol–water partition coefficient (Wildman–Crippen LogP) is 1.75. The Morgan fingerprint density at radius 1 is 1.50 bits per heavy atom. The molecular formula is C13H19N3O2. The Kier molecular flexibility index (Phi) is 2.84. The number of hydrogen-bond acceptors (Lipinski definition) is 4. The van der Waals surface area contributed by atoms with Crippen molar-refractivity contribution in [3.8, 4) is 0 Å². The van der Waals surface area contributed by atoms with Crippen LogP contribution in [0.15, 0.2) is 4.52 Å². The van der Waals surface area contributed by atoms with Gasteiger partial charge < -0.3 is 9.42 Å². The summed E-state index contributed by atoms with van der Waals surface area (Å²) in [7, 11) is 0. The number of rotatable bonds is 3. The van der Waals surface area contributed by atoms with Crippen LogP contribution in [0.3, 0.4) is 0 Å². The van der Waals surface area contributed by atoms with Crippen LogP contribution in [0.1, 0.15) is 50.7 Å². The van der Waals surface area contributed by atoms with E-state index in [4.69, 9.17) is 4.52 Å². The summed E-state index contributed by atoms with van der Waals surface area (Å²) in [5, 5.41) is 3.97. The zero-order valence-corrected chi connectivity index (χ0v) is 10.9. The minimum Gasteiger partial charge on any atom is -0.340 e. The van der Waals surface area contributed by atoms with E-state index >= 15 is 0 Å². The fraction of sp³-hybridized carbons (Fsp3) is 0.769. The topological polar surface area (TPSA) is 59.2 Å². The molecule has 0 bridgehead atoms. The van der Waals surface area contributed by atoms with Crippen molar-refractivity contribution >= 4 is 5.91 Å². The first-order chi connectivity index (χ1) is 8.65. The van der Waals surface area contributed by atoms with E-state index in [9.17, 15) is 4.79 Å². The van der Waals surface area contributed by atoms with E-state index in [1.807, 2.05) is 4.90 Å². The first-order valence-electron chi connectivity index (χ1n) is 6.77. The van der Waals surface area contributed by atoms with Gasteiger partial charge in [0.05, 0.1) is 0 Å². The molecule has 1 aliphatic carbocycles. The highest BCUT2D eigenvalue weighted by Crippen LogP contribution is 2.45. The first-order valence-corrected chi connectivity index (χ1v) is 6.77. The molecule has 1 saturated heterocycles. The van der Waals surface area contributed by atoms with Crippen LogP contribution in [-0.4, -0.2) is 33.5 Å². The van der Waals surface area contributed by atoms with Gasteiger partial charge in [-0.1, -0.05) is 12.1 Å². The average molecular weight is 249 g/mol. The normalized spacial score (nSPS) is 30.8. The Morgan fingerprint density at radius 3 is 2.89 bits per heavy atom. The molecule has 0 aromatic carbocycles. The number of amides is 1. The third kappa shape index (κ3) is 2.13. The van der Waals surface area contributed by atoms with Crippen LogP contribution in [-0.2, 0) is 11.2 Å². The smallest absolute Gasteiger partial charge is 0.236 e. The summed E-state index contributed by atoms with van der Waals surface area (Å²) in [6.45, 7) is 5.13. The summed E-state index contributed by atoms with van der Waals surface area (Å²) in [5.74, 6) is 2.46. The second kappa shape index (κ2) is 4.37. The molecule has 5 nitrogen and oxygen atoms in total. The summed E-state index contributed by atoms with van der Waals surface area (Å²) in [4.78, 5) is 18.3. The number of nitrogens with zero attached hydrogens (tertiary/aromatic N) is 3. The third-order valence-corrected chi connectivity index (χ3v) is 4.10. The largest absolute Gasteiger partial charge is 0.340 e. The molecule has 1 amide bonds. The fourth-order valence-electron chi connectivity index (χ4n) is 2.71. The SMILES string of the molecule is CC1CC1c1noc(CC(=O)N2CCC[C@@H]2C)n1. The second-order valence-corrected chi connectivity index (χ2v) is 5.62. The lowest BCUT2D eigenvalue weighted by Crippen LogP contribution is -2.34. The third-order valence-electron chi connectivity index (χ3n) is 4.10. The summed E-state index contributed by atoms with van der Waals surface area (Å²) in [6.07, 6.45) is 3.58. The molecule has 2 fully saturated rings. The summed E-state index contributed by atoms with van der Waals surface area (Å²) >= 11 is 0. The molecule has 3 rings (SSSR count). The second-order valence-electron chi connectivity index (χ2n) is 5.62. The molecule has 3 atom stereocenters. The van der Waals surface area contributed by atoms with Gasteiger partial charge in [0.1, 0.15) is 6.42 Å². The molecule has 2 heterocycles. The molecule has 2 aliphatic rings. The van der Waals surface area contributed by atoms with Crippen molar-refractivity contribution in [3.63, 3.8) is 0 Å². The maximum absolute atomic E-state index is 12.1. The van der Waals surface area contributed by atoms with Crippen molar-refractivity contribution in [1.82, 2.24) is 15.0 Å². The van der Waals surface area contributed by atoms with Crippen LogP contribution in [0, 0.1) is 5.92 Å². The van der Waals surface area contributed by atoms with Gasteiger partial charge in [-0.3, -0.25) is 4.79 Å². The van der Waals surface area contributed by atoms with Gasteiger partial charge in [-0.15, -0.1) is 0 Å². The molecule has 1 aliphatic heterocycles. The molecule has 0 spiro atoms. The van der Waals surface area contributed by atoms with Crippen LogP contribution in [0.25, 0.3) is 0 Å². The summed E-state index contributed by atoms with van der Waals surface area (Å²) in [5.41, 5.74) is 0. The molecule has 2 unspecified atom stereocenters. The monoisotopic (exact) mass is 249 g/mol. The van der Waals surface area contributed by atoms with Gasteiger partial charge in [0.15, 0.2) is 5.82 Å². The van der Waals surface area contributed by atoms with Crippen molar-refractivity contribution in [2.24, 2.45) is 5.92 Å². The van der Waals surface area contributed by atoms with Gasteiger partial charge in [0.25, 0.3) is 0 Å². The fourth-order valence-corrected chi connectivity index (χ4v) is 2.71. The molecule has 1 aromatic heterocycles. The molecule has 0 radical (unpaired) electrons. The Morgan fingerprint density at radius 2 is 2.28 bits per heavy atom. The van der Waals surface area contributed by atoms with E-state index in [-0.39, 0.29) is 12.3 Å². The maximum Gasteiger partial charge on any atom is 0.236 e. The van der Waals surface area contributed by atoms with Crippen molar-refractivity contribution in [1.29, 1.82) is 0 Å². The molecule has 0 N–H and O–H groups in total. The first kappa shape index (κ1) is 11.7. The average Bonchev–Trinajstić information content (AvgIpc) is 2.78.